The second-order valence-electron chi connectivity index (χ2n) is 1.32. The minimum Gasteiger partial charge on any atom is -1.00 e. The summed E-state index contributed by atoms with van der Waals surface area (Å²) in [5, 5.41) is 0. The Balaban J connectivity index is -0.0000000312. The molecular weight excluding hydrogens is 148 g/mol. The van der Waals surface area contributed by atoms with E-state index in [1.807, 2.05) is 0 Å². The maximum Gasteiger partial charge on any atom is 3.00 e. The zero-order chi connectivity index (χ0) is 3.54. The fourth-order valence-electron chi connectivity index (χ4n) is 0.510. The first-order chi connectivity index (χ1) is 2.50. The van der Waals surface area contributed by atoms with E-state index in [9.17, 15) is 0 Å². The molecule has 9 heavy (non-hydrogen) atoms. The fourth-order valence-corrected chi connectivity index (χ4v) is 1.53. The van der Waals surface area contributed by atoms with Crippen LogP contribution in [0.2, 0.25) is 0 Å². The van der Waals surface area contributed by atoms with Crippen LogP contribution < -0.4 is 14.1 Å². The van der Waals surface area contributed by atoms with Gasteiger partial charge in [-0.25, -0.2) is 0 Å². The van der Waals surface area contributed by atoms with Crippen LogP contribution in [0.1, 0.15) is 12.8 Å². The Kier molecular flexibility index (Phi) is 40.0. The van der Waals surface area contributed by atoms with Gasteiger partial charge >= 0.3 is 8.41 Å². The van der Waals surface area contributed by atoms with Gasteiger partial charge in [0.2, 0.25) is 0 Å². The third kappa shape index (κ3) is 11.7. The fraction of sp³-hybridized carbons (Fsp3) is 1.00. The predicted octanol–water partition coefficient (Wildman–Crippen LogP) is -7.86. The number of hydrogen-bond acceptors (Lipinski definition) is 1. The summed E-state index contributed by atoms with van der Waals surface area (Å²) in [4.78, 5) is 0. The molecular formula is C4H8BF3S. The Bertz CT molecular complexity index is 27.4. The van der Waals surface area contributed by atoms with E-state index in [1.54, 1.807) is 0 Å². The maximum atomic E-state index is 2.07. The van der Waals surface area contributed by atoms with Crippen molar-refractivity contribution < 1.29 is 14.1 Å². The van der Waals surface area contributed by atoms with E-state index in [1.165, 1.54) is 24.3 Å². The smallest absolute Gasteiger partial charge is 1.00 e. The molecule has 0 aromatic heterocycles. The van der Waals surface area contributed by atoms with Crippen LogP contribution in [-0.2, 0) is 0 Å². The molecule has 1 heterocycles. The van der Waals surface area contributed by atoms with Crippen LogP contribution in [0.3, 0.4) is 0 Å². The third-order valence-corrected chi connectivity index (χ3v) is 1.98. The first kappa shape index (κ1) is 22.9. The third-order valence-electron chi connectivity index (χ3n) is 0.827. The molecule has 0 spiro atoms. The van der Waals surface area contributed by atoms with E-state index in [0.717, 1.165) is 0 Å². The molecule has 1 aliphatic rings. The van der Waals surface area contributed by atoms with E-state index in [-0.39, 0.29) is 22.5 Å². The van der Waals surface area contributed by atoms with Crippen molar-refractivity contribution in [1.29, 1.82) is 0 Å². The van der Waals surface area contributed by atoms with E-state index >= 15 is 0 Å². The van der Waals surface area contributed by atoms with E-state index in [2.05, 4.69) is 11.8 Å². The van der Waals surface area contributed by atoms with E-state index in [4.69, 9.17) is 0 Å². The summed E-state index contributed by atoms with van der Waals surface area (Å²) in [5.41, 5.74) is 0. The average Bonchev–Trinajstić information content (AvgIpc) is 1.76. The van der Waals surface area contributed by atoms with Crippen LogP contribution in [-0.4, -0.2) is 19.9 Å². The van der Waals surface area contributed by atoms with Gasteiger partial charge in [-0.05, 0) is 24.3 Å². The second kappa shape index (κ2) is 15.7. The molecule has 0 saturated carbocycles. The van der Waals surface area contributed by atoms with Gasteiger partial charge in [0.25, 0.3) is 0 Å². The largest absolute Gasteiger partial charge is 3.00 e. The first-order valence-corrected chi connectivity index (χ1v) is 3.23. The van der Waals surface area contributed by atoms with Gasteiger partial charge in [-0.1, -0.05) is 0 Å². The molecule has 1 saturated heterocycles. The van der Waals surface area contributed by atoms with Gasteiger partial charge in [0, 0.05) is 0 Å². The van der Waals surface area contributed by atoms with Gasteiger partial charge in [-0.15, -0.1) is 0 Å². The molecule has 0 aliphatic carbocycles. The van der Waals surface area contributed by atoms with Gasteiger partial charge < -0.3 is 14.1 Å². The normalized spacial score (nSPS) is 13.3. The maximum absolute atomic E-state index is 2.07. The molecule has 0 N–H and O–H groups in total. The van der Waals surface area contributed by atoms with Crippen LogP contribution in [0.25, 0.3) is 0 Å². The summed E-state index contributed by atoms with van der Waals surface area (Å²) in [6.45, 7) is 0. The average molecular weight is 156 g/mol. The van der Waals surface area contributed by atoms with Crippen molar-refractivity contribution in [3.8, 4) is 0 Å². The SMILES string of the molecule is C1CCSC1.[B+3].[F-].[F-].[F-]. The Hall–Kier alpha value is 0.205. The molecule has 1 aliphatic heterocycles. The van der Waals surface area contributed by atoms with Crippen LogP contribution in [0, 0.1) is 0 Å². The number of halogens is 3. The van der Waals surface area contributed by atoms with Crippen LogP contribution >= 0.6 is 11.8 Å². The number of rotatable bonds is 0. The first-order valence-electron chi connectivity index (χ1n) is 2.08. The molecule has 0 unspecified atom stereocenters. The molecule has 0 aromatic rings. The summed E-state index contributed by atoms with van der Waals surface area (Å²) < 4.78 is 0. The standard InChI is InChI=1S/C4H8S.B.3FH/c1-2-4-5-3-1;;;;/h1-4H2;;3*1H/q;+3;;;/p-3. The summed E-state index contributed by atoms with van der Waals surface area (Å²) in [6, 6.07) is 0. The minimum absolute atomic E-state index is 0. The Labute approximate surface area is 59.5 Å². The Morgan fingerprint density at radius 3 is 1.22 bits per heavy atom. The zero-order valence-corrected chi connectivity index (χ0v) is 5.76. The van der Waals surface area contributed by atoms with Crippen molar-refractivity contribution >= 4 is 20.2 Å². The molecule has 54 valence electrons. The number of thioether (sulfide) groups is 1. The van der Waals surface area contributed by atoms with Gasteiger partial charge in [-0.3, -0.25) is 0 Å². The van der Waals surface area contributed by atoms with Crippen molar-refractivity contribution in [3.05, 3.63) is 0 Å². The number of hydrogen-bond donors (Lipinski definition) is 0. The molecule has 0 radical (unpaired) electrons. The van der Waals surface area contributed by atoms with Crippen molar-refractivity contribution in [2.45, 2.75) is 12.8 Å². The summed E-state index contributed by atoms with van der Waals surface area (Å²) >= 11 is 2.07. The molecule has 0 aromatic carbocycles. The summed E-state index contributed by atoms with van der Waals surface area (Å²) in [7, 11) is 0. The molecule has 0 amide bonds. The van der Waals surface area contributed by atoms with Crippen LogP contribution in [0.5, 0.6) is 0 Å². The van der Waals surface area contributed by atoms with Crippen molar-refractivity contribution in [2.75, 3.05) is 11.5 Å². The monoisotopic (exact) mass is 156 g/mol. The van der Waals surface area contributed by atoms with Crippen molar-refractivity contribution in [3.63, 3.8) is 0 Å². The molecule has 0 bridgehead atoms. The predicted molar refractivity (Wildman–Crippen MR) is 32.3 cm³/mol. The minimum atomic E-state index is 0. The van der Waals surface area contributed by atoms with Gasteiger partial charge in [0.1, 0.15) is 0 Å². The zero-order valence-electron chi connectivity index (χ0n) is 4.95. The van der Waals surface area contributed by atoms with E-state index in [0.29, 0.717) is 0 Å². The van der Waals surface area contributed by atoms with Gasteiger partial charge in [0.05, 0.1) is 0 Å². The molecule has 5 heteroatoms. The molecule has 1 rings (SSSR count). The van der Waals surface area contributed by atoms with Crippen LogP contribution in [0.15, 0.2) is 0 Å². The van der Waals surface area contributed by atoms with Gasteiger partial charge in [-0.2, -0.15) is 11.8 Å². The summed E-state index contributed by atoms with van der Waals surface area (Å²) in [5.74, 6) is 2.83. The quantitative estimate of drug-likeness (QED) is 0.314. The van der Waals surface area contributed by atoms with Gasteiger partial charge in [0.15, 0.2) is 0 Å². The summed E-state index contributed by atoms with van der Waals surface area (Å²) in [6.07, 6.45) is 2.93. The Morgan fingerprint density at radius 1 is 0.778 bits per heavy atom. The van der Waals surface area contributed by atoms with E-state index < -0.39 is 0 Å². The molecule has 0 atom stereocenters. The van der Waals surface area contributed by atoms with Crippen molar-refractivity contribution in [2.24, 2.45) is 0 Å². The molecule has 1 fully saturated rings. The topological polar surface area (TPSA) is 0 Å². The second-order valence-corrected chi connectivity index (χ2v) is 2.54. The Morgan fingerprint density at radius 2 is 1.11 bits per heavy atom. The van der Waals surface area contributed by atoms with Crippen molar-refractivity contribution in [1.82, 2.24) is 0 Å². The van der Waals surface area contributed by atoms with Crippen LogP contribution in [0.4, 0.5) is 0 Å². The molecule has 0 nitrogen and oxygen atoms in total.